The third-order valence-electron chi connectivity index (χ3n) is 5.08. The average molecular weight is 531 g/mol. The maximum absolute atomic E-state index is 13.0. The Balaban J connectivity index is 1.86. The molecular weight excluding hydrogens is 507 g/mol. The lowest BCUT2D eigenvalue weighted by Gasteiger charge is -2.20. The van der Waals surface area contributed by atoms with Gasteiger partial charge in [-0.25, -0.2) is 14.8 Å². The zero-order chi connectivity index (χ0) is 26.4. The normalized spacial score (nSPS) is 10.3. The molecule has 10 nitrogen and oxygen atoms in total. The van der Waals surface area contributed by atoms with Crippen molar-refractivity contribution in [3.63, 3.8) is 0 Å². The van der Waals surface area contributed by atoms with Gasteiger partial charge in [0.15, 0.2) is 0 Å². The summed E-state index contributed by atoms with van der Waals surface area (Å²) in [6.07, 6.45) is 2.48. The van der Waals surface area contributed by atoms with Crippen molar-refractivity contribution in [3.05, 3.63) is 64.9 Å². The van der Waals surface area contributed by atoms with Crippen molar-refractivity contribution in [1.82, 2.24) is 9.97 Å². The number of carbonyl (C=O) groups excluding carboxylic acids is 2. The molecular formula is C24H24Cl2N6O4. The molecule has 0 fully saturated rings. The molecule has 188 valence electrons. The molecule has 2 aromatic carbocycles. The van der Waals surface area contributed by atoms with Gasteiger partial charge in [0, 0.05) is 19.2 Å². The fourth-order valence-corrected chi connectivity index (χ4v) is 3.73. The molecule has 0 radical (unpaired) electrons. The Morgan fingerprint density at radius 3 is 2.31 bits per heavy atom. The minimum absolute atomic E-state index is 0.114. The smallest absolute Gasteiger partial charge is 0.327 e. The monoisotopic (exact) mass is 530 g/mol. The number of halogens is 2. The number of para-hydroxylation sites is 1. The van der Waals surface area contributed by atoms with Crippen LogP contribution >= 0.6 is 23.2 Å². The predicted molar refractivity (Wildman–Crippen MR) is 142 cm³/mol. The Morgan fingerprint density at radius 2 is 1.69 bits per heavy atom. The number of anilines is 5. The first kappa shape index (κ1) is 26.6. The highest BCUT2D eigenvalue weighted by Gasteiger charge is 2.22. The van der Waals surface area contributed by atoms with E-state index in [4.69, 9.17) is 32.7 Å². The van der Waals surface area contributed by atoms with Gasteiger partial charge in [-0.1, -0.05) is 41.9 Å². The number of nitrogens with one attached hydrogen (secondary N) is 3. The lowest BCUT2D eigenvalue weighted by Crippen LogP contribution is -2.32. The molecule has 1 heterocycles. The summed E-state index contributed by atoms with van der Waals surface area (Å²) in [6, 6.07) is 7.98. The van der Waals surface area contributed by atoms with E-state index in [-0.39, 0.29) is 39.0 Å². The lowest BCUT2D eigenvalue weighted by molar-refractivity contribution is -0.111. The Hall–Kier alpha value is -4.02. The van der Waals surface area contributed by atoms with Crippen LogP contribution in [0.2, 0.25) is 10.0 Å². The Kier molecular flexibility index (Phi) is 8.57. The molecule has 0 saturated heterocycles. The van der Waals surface area contributed by atoms with Gasteiger partial charge in [-0.2, -0.15) is 0 Å². The van der Waals surface area contributed by atoms with Gasteiger partial charge in [-0.15, -0.1) is 0 Å². The van der Waals surface area contributed by atoms with Crippen LogP contribution in [0, 0.1) is 6.92 Å². The number of urea groups is 1. The summed E-state index contributed by atoms with van der Waals surface area (Å²) >= 11 is 12.7. The minimum Gasteiger partial charge on any atom is -0.495 e. The SMILES string of the molecule is C=CC(=O)Nc1c(C)cccc1Nc1cc(N(C)C(=O)Nc2c(Cl)c(OC)cc(OC)c2Cl)ncn1. The summed E-state index contributed by atoms with van der Waals surface area (Å²) < 4.78 is 10.5. The van der Waals surface area contributed by atoms with E-state index in [1.807, 2.05) is 19.1 Å². The summed E-state index contributed by atoms with van der Waals surface area (Å²) in [5, 5.41) is 8.81. The zero-order valence-corrected chi connectivity index (χ0v) is 21.5. The van der Waals surface area contributed by atoms with E-state index in [0.717, 1.165) is 5.56 Å². The van der Waals surface area contributed by atoms with Crippen LogP contribution < -0.4 is 30.3 Å². The fourth-order valence-electron chi connectivity index (χ4n) is 3.14. The van der Waals surface area contributed by atoms with E-state index in [2.05, 4.69) is 32.5 Å². The first-order chi connectivity index (χ1) is 17.2. The zero-order valence-electron chi connectivity index (χ0n) is 20.0. The summed E-state index contributed by atoms with van der Waals surface area (Å²) in [6.45, 7) is 5.34. The predicted octanol–water partition coefficient (Wildman–Crippen LogP) is 5.65. The van der Waals surface area contributed by atoms with Crippen molar-refractivity contribution < 1.29 is 19.1 Å². The van der Waals surface area contributed by atoms with Crippen molar-refractivity contribution >= 4 is 63.8 Å². The molecule has 0 saturated carbocycles. The molecule has 12 heteroatoms. The number of ether oxygens (including phenoxy) is 2. The van der Waals surface area contributed by atoms with Gasteiger partial charge in [0.25, 0.3) is 0 Å². The summed E-state index contributed by atoms with van der Waals surface area (Å²) in [4.78, 5) is 34.5. The van der Waals surface area contributed by atoms with Crippen LogP contribution in [0.5, 0.6) is 11.5 Å². The number of carbonyl (C=O) groups is 2. The lowest BCUT2D eigenvalue weighted by atomic mass is 10.1. The topological polar surface area (TPSA) is 118 Å². The Labute approximate surface area is 218 Å². The molecule has 0 bridgehead atoms. The van der Waals surface area contributed by atoms with Crippen molar-refractivity contribution in [2.75, 3.05) is 42.1 Å². The van der Waals surface area contributed by atoms with Crippen LogP contribution in [-0.2, 0) is 4.79 Å². The van der Waals surface area contributed by atoms with Gasteiger partial charge in [0.05, 0.1) is 31.3 Å². The molecule has 0 aliphatic heterocycles. The van der Waals surface area contributed by atoms with E-state index >= 15 is 0 Å². The highest BCUT2D eigenvalue weighted by molar-refractivity contribution is 6.41. The number of rotatable bonds is 8. The van der Waals surface area contributed by atoms with Crippen LogP contribution in [0.25, 0.3) is 0 Å². The number of amides is 3. The fraction of sp³-hybridized carbons (Fsp3) is 0.167. The van der Waals surface area contributed by atoms with Crippen molar-refractivity contribution in [3.8, 4) is 11.5 Å². The van der Waals surface area contributed by atoms with Gasteiger partial charge >= 0.3 is 6.03 Å². The highest BCUT2D eigenvalue weighted by Crippen LogP contribution is 2.44. The standard InChI is InChI=1S/C24H24Cl2N6O4/c1-6-19(33)30-22-13(2)8-7-9-14(22)29-17-11-18(28-12-27-17)32(3)24(34)31-23-20(25)15(35-4)10-16(36-5)21(23)26/h6-12H,1H2,2-5H3,(H,30,33)(H,31,34)(H,27,28,29). The number of aromatic nitrogens is 2. The molecule has 3 N–H and O–H groups in total. The van der Waals surface area contributed by atoms with Crippen LogP contribution in [0.15, 0.2) is 49.3 Å². The number of hydrogen-bond donors (Lipinski definition) is 3. The number of hydrogen-bond acceptors (Lipinski definition) is 7. The quantitative estimate of drug-likeness (QED) is 0.322. The largest absolute Gasteiger partial charge is 0.495 e. The molecule has 36 heavy (non-hydrogen) atoms. The van der Waals surface area contributed by atoms with Crippen LogP contribution in [0.3, 0.4) is 0 Å². The second kappa shape index (κ2) is 11.6. The number of methoxy groups -OCH3 is 2. The van der Waals surface area contributed by atoms with Gasteiger partial charge in [-0.3, -0.25) is 9.69 Å². The number of nitrogens with zero attached hydrogens (tertiary/aromatic N) is 3. The third-order valence-corrected chi connectivity index (χ3v) is 5.83. The molecule has 3 aromatic rings. The molecule has 0 spiro atoms. The Morgan fingerprint density at radius 1 is 1.03 bits per heavy atom. The molecule has 0 aliphatic rings. The third kappa shape index (κ3) is 5.78. The van der Waals surface area contributed by atoms with E-state index in [0.29, 0.717) is 17.2 Å². The average Bonchev–Trinajstić information content (AvgIpc) is 2.88. The van der Waals surface area contributed by atoms with Crippen LogP contribution in [0.4, 0.5) is 33.5 Å². The number of aryl methyl sites for hydroxylation is 1. The molecule has 0 aliphatic carbocycles. The van der Waals surface area contributed by atoms with E-state index in [9.17, 15) is 9.59 Å². The first-order valence-corrected chi connectivity index (χ1v) is 11.2. The molecule has 0 atom stereocenters. The number of benzene rings is 2. The van der Waals surface area contributed by atoms with Crippen molar-refractivity contribution in [1.29, 1.82) is 0 Å². The van der Waals surface area contributed by atoms with Crippen molar-refractivity contribution in [2.24, 2.45) is 0 Å². The van der Waals surface area contributed by atoms with E-state index in [1.54, 1.807) is 12.1 Å². The van der Waals surface area contributed by atoms with Gasteiger partial charge in [0.2, 0.25) is 5.91 Å². The van der Waals surface area contributed by atoms with E-state index in [1.165, 1.54) is 44.6 Å². The summed E-state index contributed by atoms with van der Waals surface area (Å²) in [5.41, 5.74) is 2.14. The van der Waals surface area contributed by atoms with Crippen molar-refractivity contribution in [2.45, 2.75) is 6.92 Å². The minimum atomic E-state index is -0.576. The van der Waals surface area contributed by atoms with Gasteiger partial charge < -0.3 is 25.4 Å². The molecule has 3 rings (SSSR count). The first-order valence-electron chi connectivity index (χ1n) is 10.5. The molecule has 3 amide bonds. The van der Waals surface area contributed by atoms with Crippen LogP contribution in [-0.4, -0.2) is 43.2 Å². The molecule has 1 aromatic heterocycles. The van der Waals surface area contributed by atoms with Crippen LogP contribution in [0.1, 0.15) is 5.56 Å². The maximum Gasteiger partial charge on any atom is 0.327 e. The second-order valence-electron chi connectivity index (χ2n) is 7.35. The maximum atomic E-state index is 13.0. The Bertz CT molecular complexity index is 1290. The molecule has 0 unspecified atom stereocenters. The van der Waals surface area contributed by atoms with Gasteiger partial charge in [-0.05, 0) is 24.6 Å². The van der Waals surface area contributed by atoms with E-state index < -0.39 is 6.03 Å². The van der Waals surface area contributed by atoms with Gasteiger partial charge in [0.1, 0.15) is 39.5 Å². The summed E-state index contributed by atoms with van der Waals surface area (Å²) in [7, 11) is 4.39. The summed E-state index contributed by atoms with van der Waals surface area (Å²) in [5.74, 6) is 0.873. The highest BCUT2D eigenvalue weighted by atomic mass is 35.5. The second-order valence-corrected chi connectivity index (χ2v) is 8.11.